The van der Waals surface area contributed by atoms with E-state index in [-0.39, 0.29) is 0 Å². The van der Waals surface area contributed by atoms with Crippen LogP contribution in [0.4, 0.5) is 0 Å². The summed E-state index contributed by atoms with van der Waals surface area (Å²) in [6.07, 6.45) is 3.45. The summed E-state index contributed by atoms with van der Waals surface area (Å²) in [6, 6.07) is 0. The zero-order chi connectivity index (χ0) is 16.0. The smallest absolute Gasteiger partial charge is 0.190 e. The van der Waals surface area contributed by atoms with Crippen molar-refractivity contribution in [2.45, 2.75) is 26.2 Å². The van der Waals surface area contributed by atoms with Gasteiger partial charge in [-0.3, -0.25) is 4.99 Å². The van der Waals surface area contributed by atoms with E-state index in [4.69, 9.17) is 4.74 Å². The third kappa shape index (κ3) is 9.23. The van der Waals surface area contributed by atoms with Gasteiger partial charge in [0.15, 0.2) is 5.96 Å². The Morgan fingerprint density at radius 2 is 1.73 bits per heavy atom. The minimum absolute atomic E-state index is 0.792. The first-order valence-corrected chi connectivity index (χ1v) is 8.69. The van der Waals surface area contributed by atoms with Gasteiger partial charge in [-0.15, -0.1) is 0 Å². The molecule has 22 heavy (non-hydrogen) atoms. The predicted octanol–water partition coefficient (Wildman–Crippen LogP) is 0.606. The first-order chi connectivity index (χ1) is 10.8. The van der Waals surface area contributed by atoms with Gasteiger partial charge in [0.2, 0.25) is 0 Å². The maximum atomic E-state index is 5.32. The number of aliphatic imine (C=N–C) groups is 1. The molecule has 0 aromatic rings. The summed E-state index contributed by atoms with van der Waals surface area (Å²) in [6.45, 7) is 11.6. The Balaban J connectivity index is 1.95. The summed E-state index contributed by atoms with van der Waals surface area (Å²) in [7, 11) is 4.02. The summed E-state index contributed by atoms with van der Waals surface area (Å²) in [5, 5.41) is 6.69. The van der Waals surface area contributed by atoms with Crippen molar-refractivity contribution in [3.05, 3.63) is 0 Å². The molecule has 0 unspecified atom stereocenters. The Morgan fingerprint density at radius 3 is 2.36 bits per heavy atom. The zero-order valence-corrected chi connectivity index (χ0v) is 14.7. The molecule has 1 saturated heterocycles. The maximum Gasteiger partial charge on any atom is 0.190 e. The lowest BCUT2D eigenvalue weighted by atomic mass is 10.2. The quantitative estimate of drug-likeness (QED) is 0.351. The number of hydrogen-bond donors (Lipinski definition) is 2. The second-order valence-electron chi connectivity index (χ2n) is 5.83. The fourth-order valence-corrected chi connectivity index (χ4v) is 2.48. The number of piperazine rings is 1. The minimum atomic E-state index is 0.792. The molecule has 130 valence electrons. The minimum Gasteiger partial charge on any atom is -0.382 e. The van der Waals surface area contributed by atoms with Crippen molar-refractivity contribution in [2.24, 2.45) is 4.99 Å². The third-order valence-corrected chi connectivity index (χ3v) is 3.98. The number of nitrogens with one attached hydrogen (secondary N) is 2. The van der Waals surface area contributed by atoms with Crippen LogP contribution in [0.2, 0.25) is 0 Å². The molecular weight excluding hydrogens is 278 g/mol. The summed E-state index contributed by atoms with van der Waals surface area (Å²) >= 11 is 0. The molecule has 0 aliphatic carbocycles. The van der Waals surface area contributed by atoms with E-state index in [2.05, 4.69) is 32.5 Å². The number of hydrogen-bond acceptors (Lipinski definition) is 4. The van der Waals surface area contributed by atoms with Crippen LogP contribution in [0.25, 0.3) is 0 Å². The third-order valence-electron chi connectivity index (χ3n) is 3.98. The molecule has 1 aliphatic rings. The molecule has 0 saturated carbocycles. The van der Waals surface area contributed by atoms with Crippen molar-refractivity contribution < 1.29 is 4.74 Å². The lowest BCUT2D eigenvalue weighted by Crippen LogP contribution is -2.44. The second-order valence-corrected chi connectivity index (χ2v) is 5.83. The van der Waals surface area contributed by atoms with Crippen molar-refractivity contribution in [3.63, 3.8) is 0 Å². The van der Waals surface area contributed by atoms with Crippen LogP contribution >= 0.6 is 0 Å². The van der Waals surface area contributed by atoms with Gasteiger partial charge in [0, 0.05) is 59.5 Å². The predicted molar refractivity (Wildman–Crippen MR) is 93.6 cm³/mol. The van der Waals surface area contributed by atoms with E-state index in [1.165, 1.54) is 45.6 Å². The van der Waals surface area contributed by atoms with Crippen LogP contribution < -0.4 is 10.6 Å². The molecule has 1 heterocycles. The molecule has 0 bridgehead atoms. The second kappa shape index (κ2) is 12.7. The van der Waals surface area contributed by atoms with Crippen molar-refractivity contribution in [1.29, 1.82) is 0 Å². The van der Waals surface area contributed by atoms with Gasteiger partial charge in [0.25, 0.3) is 0 Å². The van der Waals surface area contributed by atoms with Crippen LogP contribution in [0.3, 0.4) is 0 Å². The Morgan fingerprint density at radius 1 is 1.05 bits per heavy atom. The number of guanidine groups is 1. The molecule has 1 fully saturated rings. The fourth-order valence-electron chi connectivity index (χ4n) is 2.48. The normalized spacial score (nSPS) is 17.7. The van der Waals surface area contributed by atoms with E-state index in [0.717, 1.165) is 38.7 Å². The van der Waals surface area contributed by atoms with Gasteiger partial charge in [-0.25, -0.2) is 0 Å². The highest BCUT2D eigenvalue weighted by atomic mass is 16.5. The highest BCUT2D eigenvalue weighted by Gasteiger charge is 2.12. The Labute approximate surface area is 136 Å². The number of likely N-dealkylation sites (N-methyl/N-ethyl adjacent to an activating group) is 1. The maximum absolute atomic E-state index is 5.32. The molecule has 2 N–H and O–H groups in total. The van der Waals surface area contributed by atoms with E-state index in [0.29, 0.717) is 0 Å². The number of ether oxygens (including phenoxy) is 1. The summed E-state index contributed by atoms with van der Waals surface area (Å²) in [5.41, 5.74) is 0. The molecule has 6 nitrogen and oxygen atoms in total. The van der Waals surface area contributed by atoms with E-state index < -0.39 is 0 Å². The van der Waals surface area contributed by atoms with Crippen LogP contribution in [0.5, 0.6) is 0 Å². The van der Waals surface area contributed by atoms with Crippen molar-refractivity contribution in [3.8, 4) is 0 Å². The number of nitrogens with zero attached hydrogens (tertiary/aromatic N) is 3. The van der Waals surface area contributed by atoms with Crippen molar-refractivity contribution in [2.75, 3.05) is 73.1 Å². The standard InChI is InChI=1S/C16H35N5O/c1-4-22-15-7-9-19-16(17-2)18-8-5-6-10-21-13-11-20(3)12-14-21/h4-15H2,1-3H3,(H2,17,18,19). The molecule has 1 aliphatic heterocycles. The zero-order valence-electron chi connectivity index (χ0n) is 14.7. The Bertz CT molecular complexity index is 290. The van der Waals surface area contributed by atoms with E-state index in [1.807, 2.05) is 14.0 Å². The van der Waals surface area contributed by atoms with Crippen LogP contribution in [-0.2, 0) is 4.74 Å². The molecule has 0 aromatic heterocycles. The molecular formula is C16H35N5O. The van der Waals surface area contributed by atoms with Gasteiger partial charge in [-0.1, -0.05) is 0 Å². The molecule has 0 radical (unpaired) electrons. The average Bonchev–Trinajstić information content (AvgIpc) is 2.54. The van der Waals surface area contributed by atoms with Crippen molar-refractivity contribution >= 4 is 5.96 Å². The lowest BCUT2D eigenvalue weighted by Gasteiger charge is -2.32. The van der Waals surface area contributed by atoms with Gasteiger partial charge in [-0.2, -0.15) is 0 Å². The van der Waals surface area contributed by atoms with Gasteiger partial charge in [0.05, 0.1) is 0 Å². The Hall–Kier alpha value is -0.850. The summed E-state index contributed by atoms with van der Waals surface area (Å²) in [4.78, 5) is 9.21. The van der Waals surface area contributed by atoms with Gasteiger partial charge in [-0.05, 0) is 39.8 Å². The SMILES string of the molecule is CCOCCCNC(=NC)NCCCCN1CCN(C)CC1. The highest BCUT2D eigenvalue weighted by Crippen LogP contribution is 2.01. The van der Waals surface area contributed by atoms with Gasteiger partial charge >= 0.3 is 0 Å². The monoisotopic (exact) mass is 313 g/mol. The lowest BCUT2D eigenvalue weighted by molar-refractivity contribution is 0.145. The van der Waals surface area contributed by atoms with Gasteiger partial charge < -0.3 is 25.2 Å². The number of rotatable bonds is 10. The highest BCUT2D eigenvalue weighted by molar-refractivity contribution is 5.79. The molecule has 0 atom stereocenters. The fraction of sp³-hybridized carbons (Fsp3) is 0.938. The molecule has 1 rings (SSSR count). The first kappa shape index (κ1) is 19.2. The molecule has 0 aromatic carbocycles. The van der Waals surface area contributed by atoms with Crippen LogP contribution in [-0.4, -0.2) is 88.9 Å². The Kier molecular flexibility index (Phi) is 11.1. The van der Waals surface area contributed by atoms with Crippen LogP contribution in [0, 0.1) is 0 Å². The van der Waals surface area contributed by atoms with Crippen LogP contribution in [0.15, 0.2) is 4.99 Å². The van der Waals surface area contributed by atoms with Crippen LogP contribution in [0.1, 0.15) is 26.2 Å². The topological polar surface area (TPSA) is 52.1 Å². The van der Waals surface area contributed by atoms with E-state index in [1.54, 1.807) is 0 Å². The van der Waals surface area contributed by atoms with E-state index >= 15 is 0 Å². The van der Waals surface area contributed by atoms with Gasteiger partial charge in [0.1, 0.15) is 0 Å². The van der Waals surface area contributed by atoms with Crippen molar-refractivity contribution in [1.82, 2.24) is 20.4 Å². The average molecular weight is 313 g/mol. The molecule has 6 heteroatoms. The molecule has 0 spiro atoms. The summed E-state index contributed by atoms with van der Waals surface area (Å²) in [5.74, 6) is 0.899. The molecule has 0 amide bonds. The largest absolute Gasteiger partial charge is 0.382 e. The summed E-state index contributed by atoms with van der Waals surface area (Å²) < 4.78 is 5.32. The first-order valence-electron chi connectivity index (χ1n) is 8.69. The van der Waals surface area contributed by atoms with E-state index in [9.17, 15) is 0 Å². The number of unbranched alkanes of at least 4 members (excludes halogenated alkanes) is 1.